The molecule has 0 aliphatic heterocycles. The topological polar surface area (TPSA) is 0 Å². The van der Waals surface area contributed by atoms with Gasteiger partial charge in [0.15, 0.2) is 0 Å². The molecule has 5 aliphatic rings. The highest BCUT2D eigenvalue weighted by Crippen LogP contribution is 2.84. The average Bonchev–Trinajstić information content (AvgIpc) is 1.72. The number of hydrogen-bond acceptors (Lipinski definition) is 0. The second-order valence-corrected chi connectivity index (χ2v) is 29.0. The van der Waals surface area contributed by atoms with Gasteiger partial charge in [0, 0.05) is 8.95 Å². The van der Waals surface area contributed by atoms with Crippen LogP contribution in [0.5, 0.6) is 0 Å². The first kappa shape index (κ1) is 30.4. The standard InChI is InChI=1S/C74H12Br2/c75-13-5-1-11(2-6-13)9-73-67-59-50-43-30-23-17-18-20-16-15-19(17)28(30)34-32-21(15)25-22(16)33-35-29(20)31-24(18)27-26(23)37-45-38(27)47-44(31)51-49(35)53-40(33)42-36(25)41-39(32)52(48(34)50)63(67)65-54(41)55(42)66-64(53)68-60(51)57(47)62-58(45)61(56(59)46(37)43)69(73)70(62)74(68,72(66)71(65)73)10-12-3-7-14(76)8-4-12/h1-8H,9-10H2. The predicted molar refractivity (Wildman–Crippen MR) is 328 cm³/mol. The van der Waals surface area contributed by atoms with Gasteiger partial charge >= 0.3 is 0 Å². The third-order valence-corrected chi connectivity index (χ3v) is 27.4. The number of halogens is 2. The molecule has 29 aromatic carbocycles. The van der Waals surface area contributed by atoms with Crippen LogP contribution in [0.25, 0.3) is 280 Å². The van der Waals surface area contributed by atoms with Crippen LogP contribution in [0, 0.1) is 0 Å². The zero-order valence-electron chi connectivity index (χ0n) is 38.8. The van der Waals surface area contributed by atoms with Gasteiger partial charge < -0.3 is 0 Å². The fourth-order valence-corrected chi connectivity index (χ4v) is 26.4. The minimum atomic E-state index is -0.362. The van der Waals surface area contributed by atoms with Crippen molar-refractivity contribution in [2.75, 3.05) is 0 Å². The molecular weight excluding hydrogens is 1050 g/mol. The van der Waals surface area contributed by atoms with Crippen LogP contribution in [0.1, 0.15) is 44.5 Å². The van der Waals surface area contributed by atoms with E-state index in [-0.39, 0.29) is 10.8 Å². The van der Waals surface area contributed by atoms with Gasteiger partial charge in [-0.1, -0.05) is 56.1 Å². The monoisotopic (exact) mass is 1060 g/mol. The van der Waals surface area contributed by atoms with Crippen molar-refractivity contribution in [3.05, 3.63) is 102 Å². The zero-order valence-corrected chi connectivity index (χ0v) is 42.0. The molecule has 0 nitrogen and oxygen atoms in total. The quantitative estimate of drug-likeness (QED) is 0.154. The highest BCUT2D eigenvalue weighted by Gasteiger charge is 2.66. The number of benzene rings is 19. The summed E-state index contributed by atoms with van der Waals surface area (Å²) in [7, 11) is 0. The van der Waals surface area contributed by atoms with Crippen molar-refractivity contribution in [3.63, 3.8) is 0 Å². The minimum absolute atomic E-state index is 0.362. The van der Waals surface area contributed by atoms with Crippen molar-refractivity contribution in [3.8, 4) is 0 Å². The van der Waals surface area contributed by atoms with Crippen LogP contribution >= 0.6 is 31.9 Å². The van der Waals surface area contributed by atoms with Gasteiger partial charge in [-0.15, -0.1) is 0 Å². The van der Waals surface area contributed by atoms with Crippen molar-refractivity contribution >= 4 is 312 Å². The molecule has 0 aromatic heterocycles. The molecule has 2 unspecified atom stereocenters. The van der Waals surface area contributed by atoms with Crippen LogP contribution in [-0.2, 0) is 23.7 Å². The number of rotatable bonds is 4. The van der Waals surface area contributed by atoms with E-state index in [1.165, 1.54) is 20.1 Å². The fourth-order valence-electron chi connectivity index (χ4n) is 25.9. The van der Waals surface area contributed by atoms with E-state index < -0.39 is 0 Å². The van der Waals surface area contributed by atoms with E-state index >= 15 is 0 Å². The Labute approximate surface area is 434 Å². The first-order chi connectivity index (χ1) is 37.7. The van der Waals surface area contributed by atoms with Gasteiger partial charge in [0.25, 0.3) is 0 Å². The molecule has 0 saturated heterocycles. The lowest BCUT2D eigenvalue weighted by atomic mass is 9.51. The summed E-state index contributed by atoms with van der Waals surface area (Å²) in [6.45, 7) is 0. The molecule has 322 valence electrons. The van der Waals surface area contributed by atoms with E-state index in [1.807, 2.05) is 0 Å². The van der Waals surface area contributed by atoms with Crippen molar-refractivity contribution in [2.24, 2.45) is 0 Å². The van der Waals surface area contributed by atoms with Gasteiger partial charge in [-0.25, -0.2) is 0 Å². The summed E-state index contributed by atoms with van der Waals surface area (Å²) >= 11 is 7.89. The molecule has 0 saturated carbocycles. The summed E-state index contributed by atoms with van der Waals surface area (Å²) in [5.41, 5.74) is 12.6. The molecule has 0 heterocycles. The zero-order chi connectivity index (χ0) is 45.9. The van der Waals surface area contributed by atoms with Crippen LogP contribution in [0.15, 0.2) is 57.5 Å². The third-order valence-electron chi connectivity index (χ3n) is 26.3. The molecule has 76 heavy (non-hydrogen) atoms. The lowest BCUT2D eigenvalue weighted by Crippen LogP contribution is -2.45. The maximum Gasteiger partial charge on any atom is 0.0523 e. The SMILES string of the molecule is Brc1ccc(CC23c4c5c6c7c8c9c%10c%11c(c2c2c%12c3c3c%13c4c6c4c6c%13c%13c3c3c%12c%12c%14c2c%11c2c%11c%10c%10c8c8c7c4c4c6c6c%13c7c3c%12c3c(c%142)c2c%11c%10c%10c8c4c4c%10c2c3c7c64)C59Cc2ccc(Br)cc2)cc1. The Morgan fingerprint density at radius 1 is 0.171 bits per heavy atom. The lowest BCUT2D eigenvalue weighted by Gasteiger charge is -2.49. The van der Waals surface area contributed by atoms with Gasteiger partial charge in [0.05, 0.1) is 10.8 Å². The fraction of sp³-hybridized carbons (Fsp3) is 0.0541. The van der Waals surface area contributed by atoms with Gasteiger partial charge in [0.2, 0.25) is 0 Å². The van der Waals surface area contributed by atoms with Gasteiger partial charge in [-0.2, -0.15) is 0 Å². The Bertz CT molecular complexity index is 7390. The second kappa shape index (κ2) is 7.26. The van der Waals surface area contributed by atoms with Crippen molar-refractivity contribution in [1.29, 1.82) is 0 Å². The Morgan fingerprint density at radius 2 is 0.303 bits per heavy atom. The van der Waals surface area contributed by atoms with E-state index in [0.717, 1.165) is 12.8 Å². The first-order valence-electron chi connectivity index (χ1n) is 27.9. The Morgan fingerprint density at radius 3 is 0.500 bits per heavy atom. The Balaban J connectivity index is 1.11. The maximum atomic E-state index is 3.94. The Hall–Kier alpha value is -8.14. The molecule has 0 amide bonds. The van der Waals surface area contributed by atoms with Crippen LogP contribution in [0.2, 0.25) is 0 Å². The smallest absolute Gasteiger partial charge is 0.0523 e. The molecule has 0 fully saturated rings. The first-order valence-corrected chi connectivity index (χ1v) is 29.5. The number of hydrogen-bond donors (Lipinski definition) is 0. The minimum Gasteiger partial charge on any atom is -0.0579 e. The maximum absolute atomic E-state index is 3.94. The molecule has 34 rings (SSSR count). The normalized spacial score (nSPS) is 21.0. The highest BCUT2D eigenvalue weighted by atomic mass is 79.9. The van der Waals surface area contributed by atoms with E-state index in [1.54, 1.807) is 313 Å². The van der Waals surface area contributed by atoms with Crippen LogP contribution in [0.3, 0.4) is 0 Å². The molecular formula is C74H12Br2. The van der Waals surface area contributed by atoms with E-state index in [9.17, 15) is 0 Å². The van der Waals surface area contributed by atoms with Gasteiger partial charge in [-0.05, 0) is 362 Å². The predicted octanol–water partition coefficient (Wildman–Crippen LogP) is 21.0. The van der Waals surface area contributed by atoms with Crippen molar-refractivity contribution < 1.29 is 0 Å². The molecule has 5 aliphatic carbocycles. The second-order valence-electron chi connectivity index (χ2n) is 27.2. The average molecular weight is 1060 g/mol. The third kappa shape index (κ3) is 1.79. The van der Waals surface area contributed by atoms with Gasteiger partial charge in [-0.3, -0.25) is 0 Å². The molecule has 2 atom stereocenters. The van der Waals surface area contributed by atoms with Crippen molar-refractivity contribution in [1.82, 2.24) is 0 Å². The summed E-state index contributed by atoms with van der Waals surface area (Å²) in [6, 6.07) is 19.4. The molecule has 0 radical (unpaired) electrons. The summed E-state index contributed by atoms with van der Waals surface area (Å²) in [6.07, 6.45) is 1.96. The van der Waals surface area contributed by atoms with Crippen LogP contribution < -0.4 is 0 Å². The van der Waals surface area contributed by atoms with Crippen LogP contribution in [-0.4, -0.2) is 0 Å². The summed E-state index contributed by atoms with van der Waals surface area (Å²) in [5, 5.41) is 86.1. The van der Waals surface area contributed by atoms with E-state index in [2.05, 4.69) is 80.4 Å². The Kier molecular flexibility index (Phi) is 2.91. The lowest BCUT2D eigenvalue weighted by molar-refractivity contribution is 0.538. The molecule has 0 bridgehead atoms. The summed E-state index contributed by atoms with van der Waals surface area (Å²) in [4.78, 5) is 0. The molecule has 2 heteroatoms. The summed E-state index contributed by atoms with van der Waals surface area (Å²) in [5.74, 6) is 0. The van der Waals surface area contributed by atoms with Crippen LogP contribution in [0.4, 0.5) is 0 Å². The van der Waals surface area contributed by atoms with Crippen molar-refractivity contribution in [2.45, 2.75) is 23.7 Å². The summed E-state index contributed by atoms with van der Waals surface area (Å²) < 4.78 is 2.33. The molecule has 0 spiro atoms. The van der Waals surface area contributed by atoms with E-state index in [0.29, 0.717) is 0 Å². The molecule has 0 N–H and O–H groups in total. The highest BCUT2D eigenvalue weighted by molar-refractivity contribution is 9.10. The van der Waals surface area contributed by atoms with E-state index in [4.69, 9.17) is 0 Å². The molecule has 29 aromatic rings. The largest absolute Gasteiger partial charge is 0.0579 e. The van der Waals surface area contributed by atoms with Gasteiger partial charge in [0.1, 0.15) is 0 Å².